The monoisotopic (exact) mass is 698 g/mol. The minimum atomic E-state index is 0.00772. The molecule has 1 N–H and O–H groups in total. The first-order valence-electron chi connectivity index (χ1n) is 19.8. The molecular formula is C46H54N2O4. The van der Waals surface area contributed by atoms with Crippen LogP contribution in [-0.2, 0) is 29.2 Å². The zero-order chi connectivity index (χ0) is 35.3. The van der Waals surface area contributed by atoms with Gasteiger partial charge in [0.2, 0.25) is 5.91 Å². The molecule has 1 aliphatic heterocycles. The number of nitrogens with zero attached hydrogens (tertiary/aromatic N) is 1. The molecule has 6 nitrogen and oxygen atoms in total. The second-order valence-corrected chi connectivity index (χ2v) is 15.9. The Labute approximate surface area is 309 Å². The van der Waals surface area contributed by atoms with E-state index in [0.29, 0.717) is 37.4 Å². The first-order valence-corrected chi connectivity index (χ1v) is 19.8. The van der Waals surface area contributed by atoms with E-state index in [1.807, 2.05) is 30.3 Å². The highest BCUT2D eigenvalue weighted by Gasteiger charge is 2.59. The Balaban J connectivity index is 0.994. The molecular weight excluding hydrogens is 645 g/mol. The minimum absolute atomic E-state index is 0.00772. The van der Waals surface area contributed by atoms with Crippen LogP contribution < -0.4 is 14.8 Å². The van der Waals surface area contributed by atoms with Crippen molar-refractivity contribution in [1.29, 1.82) is 0 Å². The molecule has 0 aromatic heterocycles. The molecule has 52 heavy (non-hydrogen) atoms. The molecule has 272 valence electrons. The zero-order valence-electron chi connectivity index (χ0n) is 30.7. The first-order chi connectivity index (χ1) is 25.5. The Morgan fingerprint density at radius 3 is 2.29 bits per heavy atom. The molecule has 1 saturated heterocycles. The van der Waals surface area contributed by atoms with Gasteiger partial charge in [-0.15, -0.1) is 0 Å². The van der Waals surface area contributed by atoms with Crippen molar-refractivity contribution in [2.45, 2.75) is 96.1 Å². The lowest BCUT2D eigenvalue weighted by Gasteiger charge is -2.53. The van der Waals surface area contributed by atoms with Gasteiger partial charge < -0.3 is 24.4 Å². The number of ether oxygens (including phenoxy) is 3. The molecule has 1 heterocycles. The predicted molar refractivity (Wildman–Crippen MR) is 207 cm³/mol. The van der Waals surface area contributed by atoms with Gasteiger partial charge in [0, 0.05) is 23.4 Å². The van der Waals surface area contributed by atoms with Crippen LogP contribution in [0.1, 0.15) is 86.5 Å². The number of benzene rings is 4. The van der Waals surface area contributed by atoms with Crippen molar-refractivity contribution in [3.05, 3.63) is 125 Å². The quantitative estimate of drug-likeness (QED) is 0.151. The molecule has 3 aliphatic carbocycles. The molecule has 4 aliphatic rings. The number of nitrogens with one attached hydrogen (secondary N) is 1. The molecule has 6 atom stereocenters. The van der Waals surface area contributed by atoms with E-state index < -0.39 is 0 Å². The maximum absolute atomic E-state index is 12.7. The van der Waals surface area contributed by atoms with Crippen LogP contribution in [0.3, 0.4) is 0 Å². The number of hydrogen-bond donors (Lipinski definition) is 1. The Morgan fingerprint density at radius 2 is 1.54 bits per heavy atom. The van der Waals surface area contributed by atoms with E-state index in [0.717, 1.165) is 55.8 Å². The van der Waals surface area contributed by atoms with Gasteiger partial charge in [0.1, 0.15) is 24.2 Å². The fraction of sp³-hybridized carbons (Fsp3) is 0.457. The molecule has 3 fully saturated rings. The normalized spacial score (nSPS) is 26.6. The summed E-state index contributed by atoms with van der Waals surface area (Å²) in [4.78, 5) is 15.2. The smallest absolute Gasteiger partial charge is 0.224 e. The van der Waals surface area contributed by atoms with E-state index in [-0.39, 0.29) is 23.5 Å². The predicted octanol–water partition coefficient (Wildman–Crippen LogP) is 9.58. The summed E-state index contributed by atoms with van der Waals surface area (Å²) in [6.07, 6.45) is 9.65. The van der Waals surface area contributed by atoms with Gasteiger partial charge >= 0.3 is 0 Å². The summed E-state index contributed by atoms with van der Waals surface area (Å²) < 4.78 is 20.1. The molecule has 6 heteroatoms. The van der Waals surface area contributed by atoms with Gasteiger partial charge in [0.05, 0.1) is 12.7 Å². The van der Waals surface area contributed by atoms with Crippen LogP contribution in [0, 0.1) is 17.3 Å². The van der Waals surface area contributed by atoms with E-state index in [1.165, 1.54) is 54.6 Å². The highest BCUT2D eigenvalue weighted by atomic mass is 16.5. The number of likely N-dealkylation sites (tertiary alicyclic amines) is 1. The summed E-state index contributed by atoms with van der Waals surface area (Å²) in [5.41, 5.74) is 6.06. The van der Waals surface area contributed by atoms with E-state index in [2.05, 4.69) is 89.9 Å². The summed E-state index contributed by atoms with van der Waals surface area (Å²) in [6.45, 7) is 7.04. The van der Waals surface area contributed by atoms with Gasteiger partial charge in [-0.2, -0.15) is 0 Å². The third-order valence-electron chi connectivity index (χ3n) is 12.6. The maximum Gasteiger partial charge on any atom is 0.224 e. The molecule has 0 unspecified atom stereocenters. The molecule has 0 spiro atoms. The van der Waals surface area contributed by atoms with Crippen LogP contribution in [0.2, 0.25) is 0 Å². The number of carbonyl (C=O) groups excluding carboxylic acids is 1. The minimum Gasteiger partial charge on any atom is -0.490 e. The van der Waals surface area contributed by atoms with Gasteiger partial charge in [0.25, 0.3) is 0 Å². The summed E-state index contributed by atoms with van der Waals surface area (Å²) in [7, 11) is 0. The van der Waals surface area contributed by atoms with E-state index >= 15 is 0 Å². The zero-order valence-corrected chi connectivity index (χ0v) is 30.7. The molecule has 1 amide bonds. The first kappa shape index (κ1) is 34.9. The van der Waals surface area contributed by atoms with Crippen molar-refractivity contribution in [1.82, 2.24) is 4.90 Å². The number of fused-ring (bicyclic) bond motifs is 5. The average Bonchev–Trinajstić information content (AvgIpc) is 3.81. The molecule has 8 rings (SSSR count). The van der Waals surface area contributed by atoms with Crippen LogP contribution >= 0.6 is 0 Å². The van der Waals surface area contributed by atoms with Crippen molar-refractivity contribution in [3.63, 3.8) is 0 Å². The lowest BCUT2D eigenvalue weighted by molar-refractivity contribution is -0.116. The number of anilines is 1. The number of amides is 1. The van der Waals surface area contributed by atoms with E-state index in [1.54, 1.807) is 0 Å². The van der Waals surface area contributed by atoms with Crippen molar-refractivity contribution in [3.8, 4) is 11.5 Å². The van der Waals surface area contributed by atoms with Gasteiger partial charge in [-0.1, -0.05) is 73.7 Å². The summed E-state index contributed by atoms with van der Waals surface area (Å²) >= 11 is 0. The number of aryl methyl sites for hydroxylation is 1. The average molecular weight is 699 g/mol. The molecule has 2 saturated carbocycles. The highest BCUT2D eigenvalue weighted by Crippen LogP contribution is 2.62. The third kappa shape index (κ3) is 7.79. The van der Waals surface area contributed by atoms with Crippen molar-refractivity contribution >= 4 is 11.6 Å². The SMILES string of the molecule is C[C@]12C[C@H](Oc3ccc(NC(=O)CCCN4CCCC4)cc3)[C@@H]3c4ccc(OCc5ccccc5)cc4CC[C@H]3[C@@H]1CC[C@@H]2OCc1ccccc1. The van der Waals surface area contributed by atoms with Gasteiger partial charge in [-0.3, -0.25) is 4.79 Å². The lowest BCUT2D eigenvalue weighted by atomic mass is 9.54. The summed E-state index contributed by atoms with van der Waals surface area (Å²) in [5.74, 6) is 3.28. The Bertz CT molecular complexity index is 1770. The van der Waals surface area contributed by atoms with Crippen molar-refractivity contribution < 1.29 is 19.0 Å². The van der Waals surface area contributed by atoms with Gasteiger partial charge in [0.15, 0.2) is 0 Å². The number of rotatable bonds is 13. The largest absolute Gasteiger partial charge is 0.490 e. The maximum atomic E-state index is 12.7. The second kappa shape index (κ2) is 15.9. The topological polar surface area (TPSA) is 60.0 Å². The fourth-order valence-electron chi connectivity index (χ4n) is 10.0. The highest BCUT2D eigenvalue weighted by molar-refractivity contribution is 5.90. The molecule has 0 bridgehead atoms. The Morgan fingerprint density at radius 1 is 0.827 bits per heavy atom. The molecule has 4 aromatic carbocycles. The second-order valence-electron chi connectivity index (χ2n) is 15.9. The Kier molecular flexibility index (Phi) is 10.6. The number of hydrogen-bond acceptors (Lipinski definition) is 5. The van der Waals surface area contributed by atoms with Crippen molar-refractivity contribution in [2.24, 2.45) is 17.3 Å². The van der Waals surface area contributed by atoms with Crippen LogP contribution in [0.25, 0.3) is 0 Å². The summed E-state index contributed by atoms with van der Waals surface area (Å²) in [6, 6.07) is 35.8. The third-order valence-corrected chi connectivity index (χ3v) is 12.6. The number of carbonyl (C=O) groups is 1. The van der Waals surface area contributed by atoms with Gasteiger partial charge in [-0.05, 0) is 141 Å². The van der Waals surface area contributed by atoms with E-state index in [4.69, 9.17) is 14.2 Å². The fourth-order valence-corrected chi connectivity index (χ4v) is 10.0. The molecule has 0 radical (unpaired) electrons. The van der Waals surface area contributed by atoms with Gasteiger partial charge in [-0.25, -0.2) is 0 Å². The van der Waals surface area contributed by atoms with Crippen LogP contribution in [0.4, 0.5) is 5.69 Å². The lowest BCUT2D eigenvalue weighted by Crippen LogP contribution is -2.52. The molecule has 4 aromatic rings. The van der Waals surface area contributed by atoms with Crippen LogP contribution in [0.15, 0.2) is 103 Å². The van der Waals surface area contributed by atoms with Crippen molar-refractivity contribution in [2.75, 3.05) is 25.0 Å². The van der Waals surface area contributed by atoms with Crippen LogP contribution in [0.5, 0.6) is 11.5 Å². The summed E-state index contributed by atoms with van der Waals surface area (Å²) in [5, 5.41) is 3.11. The van der Waals surface area contributed by atoms with E-state index in [9.17, 15) is 4.79 Å². The van der Waals surface area contributed by atoms with Crippen LogP contribution in [-0.4, -0.2) is 42.6 Å². The standard InChI is InChI=1S/C46H54N2O4/c1-46-30-42(52-37-19-17-36(18-20-37)47-44(49)15-10-28-48-26-8-9-27-48)45-39-23-21-38(50-31-33-11-4-2-5-12-33)29-35(39)16-22-40(45)41(46)24-25-43(46)51-32-34-13-6-3-7-14-34/h2-7,11-14,17-21,23,29,40-43,45H,8-10,15-16,22,24-28,30-32H2,1H3,(H,47,49)/t40-,41-,42-,43-,45+,46-/m0/s1. The Hall–Kier alpha value is -4.13.